The first kappa shape index (κ1) is 23.7. The van der Waals surface area contributed by atoms with Crippen LogP contribution in [0.25, 0.3) is 11.3 Å². The van der Waals surface area contributed by atoms with Crippen molar-refractivity contribution in [3.8, 4) is 17.1 Å². The SMILES string of the molecule is COCCOc1cc(Nc2c(C(N)=O)c(-c3ccc([N+](=O)[O-])cc3)nn2C(C)(C)C)ccn1. The number of nitro benzene ring substituents is 1. The molecule has 0 radical (unpaired) electrons. The van der Waals surface area contributed by atoms with Crippen molar-refractivity contribution >= 4 is 23.1 Å². The van der Waals surface area contributed by atoms with Crippen LogP contribution in [0.4, 0.5) is 17.2 Å². The molecule has 0 unspecified atom stereocenters. The number of carbonyl (C=O) groups is 1. The minimum absolute atomic E-state index is 0.0641. The summed E-state index contributed by atoms with van der Waals surface area (Å²) in [7, 11) is 1.58. The zero-order chi connectivity index (χ0) is 24.2. The second-order valence-electron chi connectivity index (χ2n) is 8.17. The summed E-state index contributed by atoms with van der Waals surface area (Å²) in [5, 5.41) is 18.9. The van der Waals surface area contributed by atoms with E-state index in [2.05, 4.69) is 15.4 Å². The molecule has 3 N–H and O–H groups in total. The molecular weight excluding hydrogens is 428 g/mol. The summed E-state index contributed by atoms with van der Waals surface area (Å²) in [6.45, 7) is 6.55. The highest BCUT2D eigenvalue weighted by atomic mass is 16.6. The highest BCUT2D eigenvalue weighted by Gasteiger charge is 2.29. The third-order valence-corrected chi connectivity index (χ3v) is 4.65. The quantitative estimate of drug-likeness (QED) is 0.284. The van der Waals surface area contributed by atoms with Crippen molar-refractivity contribution < 1.29 is 19.2 Å². The molecule has 0 aliphatic heterocycles. The number of pyridine rings is 1. The third-order valence-electron chi connectivity index (χ3n) is 4.65. The number of hydrogen-bond donors (Lipinski definition) is 2. The van der Waals surface area contributed by atoms with E-state index in [1.807, 2.05) is 20.8 Å². The summed E-state index contributed by atoms with van der Waals surface area (Å²) in [6, 6.07) is 9.20. The standard InChI is InChI=1S/C22H26N6O5/c1-22(2,3)27-21(25-15-9-10-24-17(13-15)33-12-11-32-4)18(20(23)29)19(26-27)14-5-7-16(8-6-14)28(30)31/h5-10,13H,11-12H2,1-4H3,(H2,23,29)(H,24,25). The van der Waals surface area contributed by atoms with Gasteiger partial charge in [0.2, 0.25) is 5.88 Å². The Balaban J connectivity index is 2.08. The van der Waals surface area contributed by atoms with E-state index in [4.69, 9.17) is 15.2 Å². The summed E-state index contributed by atoms with van der Waals surface area (Å²) < 4.78 is 12.2. The molecule has 3 aromatic rings. The predicted molar refractivity (Wildman–Crippen MR) is 123 cm³/mol. The van der Waals surface area contributed by atoms with E-state index in [0.29, 0.717) is 41.9 Å². The number of benzene rings is 1. The van der Waals surface area contributed by atoms with Crippen LogP contribution in [0.15, 0.2) is 42.6 Å². The number of nitrogens with one attached hydrogen (secondary N) is 1. The Labute approximate surface area is 190 Å². The van der Waals surface area contributed by atoms with Crippen LogP contribution in [0.1, 0.15) is 31.1 Å². The molecule has 3 rings (SSSR count). The number of carbonyl (C=O) groups excluding carboxylic acids is 1. The van der Waals surface area contributed by atoms with Gasteiger partial charge in [-0.3, -0.25) is 14.9 Å². The first-order valence-electron chi connectivity index (χ1n) is 10.1. The average Bonchev–Trinajstić information content (AvgIpc) is 3.14. The number of rotatable bonds is 9. The van der Waals surface area contributed by atoms with Gasteiger partial charge in [0.25, 0.3) is 11.6 Å². The second-order valence-corrected chi connectivity index (χ2v) is 8.17. The highest BCUT2D eigenvalue weighted by molar-refractivity contribution is 6.04. The Morgan fingerprint density at radius 3 is 2.48 bits per heavy atom. The van der Waals surface area contributed by atoms with Gasteiger partial charge < -0.3 is 20.5 Å². The van der Waals surface area contributed by atoms with Crippen LogP contribution in [-0.2, 0) is 10.3 Å². The van der Waals surface area contributed by atoms with Gasteiger partial charge in [-0.1, -0.05) is 0 Å². The molecule has 0 aliphatic carbocycles. The van der Waals surface area contributed by atoms with Crippen LogP contribution in [0.5, 0.6) is 5.88 Å². The number of nitrogens with two attached hydrogens (primary N) is 1. The van der Waals surface area contributed by atoms with Gasteiger partial charge in [-0.2, -0.15) is 5.10 Å². The van der Waals surface area contributed by atoms with E-state index < -0.39 is 16.4 Å². The topological polar surface area (TPSA) is 147 Å². The average molecular weight is 454 g/mol. The Bertz CT molecular complexity index is 1150. The number of nitrogens with zero attached hydrogens (tertiary/aromatic N) is 4. The van der Waals surface area contributed by atoms with Crippen molar-refractivity contribution in [3.05, 3.63) is 58.3 Å². The molecule has 0 spiro atoms. The summed E-state index contributed by atoms with van der Waals surface area (Å²) >= 11 is 0. The predicted octanol–water partition coefficient (Wildman–Crippen LogP) is 3.48. The number of ether oxygens (including phenoxy) is 2. The molecule has 0 bridgehead atoms. The number of non-ortho nitro benzene ring substituents is 1. The summed E-state index contributed by atoms with van der Waals surface area (Å²) in [4.78, 5) is 27.2. The lowest BCUT2D eigenvalue weighted by atomic mass is 10.1. The van der Waals surface area contributed by atoms with Crippen molar-refractivity contribution in [3.63, 3.8) is 0 Å². The zero-order valence-electron chi connectivity index (χ0n) is 18.9. The van der Waals surface area contributed by atoms with Gasteiger partial charge in [-0.25, -0.2) is 9.67 Å². The van der Waals surface area contributed by atoms with E-state index in [0.717, 1.165) is 0 Å². The maximum absolute atomic E-state index is 12.5. The number of anilines is 2. The fourth-order valence-corrected chi connectivity index (χ4v) is 3.13. The van der Waals surface area contributed by atoms with Crippen LogP contribution in [0.3, 0.4) is 0 Å². The summed E-state index contributed by atoms with van der Waals surface area (Å²) in [6.07, 6.45) is 1.57. The van der Waals surface area contributed by atoms with Crippen LogP contribution in [0, 0.1) is 10.1 Å². The first-order chi connectivity index (χ1) is 15.6. The van der Waals surface area contributed by atoms with Crippen LogP contribution >= 0.6 is 0 Å². The minimum Gasteiger partial charge on any atom is -0.475 e. The van der Waals surface area contributed by atoms with Crippen LogP contribution in [0.2, 0.25) is 0 Å². The molecule has 2 aromatic heterocycles. The molecule has 2 heterocycles. The minimum atomic E-state index is -0.688. The zero-order valence-corrected chi connectivity index (χ0v) is 18.9. The third kappa shape index (κ3) is 5.44. The van der Waals surface area contributed by atoms with E-state index in [9.17, 15) is 14.9 Å². The first-order valence-corrected chi connectivity index (χ1v) is 10.1. The molecule has 0 saturated carbocycles. The van der Waals surface area contributed by atoms with Crippen molar-refractivity contribution in [2.45, 2.75) is 26.3 Å². The maximum atomic E-state index is 12.5. The molecule has 0 aliphatic rings. The molecule has 0 fully saturated rings. The smallest absolute Gasteiger partial charge is 0.269 e. The lowest BCUT2D eigenvalue weighted by Gasteiger charge is -2.23. The van der Waals surface area contributed by atoms with Gasteiger partial charge >= 0.3 is 0 Å². The molecule has 0 atom stereocenters. The Hall–Kier alpha value is -3.99. The fraction of sp³-hybridized carbons (Fsp3) is 0.318. The fourth-order valence-electron chi connectivity index (χ4n) is 3.13. The van der Waals surface area contributed by atoms with Crippen LogP contribution < -0.4 is 15.8 Å². The number of amides is 1. The number of primary amides is 1. The van der Waals surface area contributed by atoms with Gasteiger partial charge in [0.05, 0.1) is 17.1 Å². The molecule has 11 heteroatoms. The summed E-state index contributed by atoms with van der Waals surface area (Å²) in [5.41, 5.74) is 6.80. The van der Waals surface area contributed by atoms with E-state index in [-0.39, 0.29) is 11.3 Å². The van der Waals surface area contributed by atoms with Crippen molar-refractivity contribution in [1.82, 2.24) is 14.8 Å². The van der Waals surface area contributed by atoms with E-state index in [1.165, 1.54) is 24.3 Å². The van der Waals surface area contributed by atoms with Gasteiger partial charge in [-0.15, -0.1) is 0 Å². The van der Waals surface area contributed by atoms with Gasteiger partial charge in [-0.05, 0) is 39.0 Å². The van der Waals surface area contributed by atoms with Crippen molar-refractivity contribution in [2.75, 3.05) is 25.6 Å². The molecule has 0 saturated heterocycles. The maximum Gasteiger partial charge on any atom is 0.269 e. The molecule has 1 amide bonds. The van der Waals surface area contributed by atoms with E-state index in [1.54, 1.807) is 30.1 Å². The number of aromatic nitrogens is 3. The summed E-state index contributed by atoms with van der Waals surface area (Å²) in [5.74, 6) is 0.0828. The Kier molecular flexibility index (Phi) is 6.92. The molecule has 11 nitrogen and oxygen atoms in total. The van der Waals surface area contributed by atoms with Crippen molar-refractivity contribution in [1.29, 1.82) is 0 Å². The second kappa shape index (κ2) is 9.65. The molecule has 174 valence electrons. The highest BCUT2D eigenvalue weighted by Crippen LogP contribution is 2.35. The number of hydrogen-bond acceptors (Lipinski definition) is 8. The lowest BCUT2D eigenvalue weighted by molar-refractivity contribution is -0.384. The van der Waals surface area contributed by atoms with Gasteiger partial charge in [0.1, 0.15) is 23.7 Å². The largest absolute Gasteiger partial charge is 0.475 e. The van der Waals surface area contributed by atoms with E-state index >= 15 is 0 Å². The molecular formula is C22H26N6O5. The van der Waals surface area contributed by atoms with Crippen LogP contribution in [-0.4, -0.2) is 45.9 Å². The number of methoxy groups -OCH3 is 1. The lowest BCUT2D eigenvalue weighted by Crippen LogP contribution is -2.25. The normalized spacial score (nSPS) is 11.3. The monoisotopic (exact) mass is 454 g/mol. The molecule has 1 aromatic carbocycles. The Morgan fingerprint density at radius 1 is 1.21 bits per heavy atom. The number of nitro groups is 1. The van der Waals surface area contributed by atoms with Crippen molar-refractivity contribution in [2.24, 2.45) is 5.73 Å². The van der Waals surface area contributed by atoms with Gasteiger partial charge in [0, 0.05) is 42.8 Å². The molecule has 33 heavy (non-hydrogen) atoms. The van der Waals surface area contributed by atoms with Gasteiger partial charge in [0.15, 0.2) is 0 Å². The Morgan fingerprint density at radius 2 is 1.91 bits per heavy atom.